The van der Waals surface area contributed by atoms with E-state index < -0.39 is 0 Å². The van der Waals surface area contributed by atoms with Crippen LogP contribution in [0.1, 0.15) is 10.4 Å². The van der Waals surface area contributed by atoms with Gasteiger partial charge >= 0.3 is 0 Å². The van der Waals surface area contributed by atoms with Crippen LogP contribution in [0, 0.1) is 5.82 Å². The second-order valence-corrected chi connectivity index (χ2v) is 6.34. The van der Waals surface area contributed by atoms with Gasteiger partial charge in [-0.05, 0) is 30.3 Å². The fourth-order valence-corrected chi connectivity index (χ4v) is 3.49. The third-order valence-corrected chi connectivity index (χ3v) is 4.87. The van der Waals surface area contributed by atoms with Gasteiger partial charge in [0.1, 0.15) is 11.6 Å². The Bertz CT molecular complexity index is 945. The van der Waals surface area contributed by atoms with E-state index in [2.05, 4.69) is 9.88 Å². The summed E-state index contributed by atoms with van der Waals surface area (Å²) in [6.45, 7) is 2.74. The Morgan fingerprint density at radius 2 is 1.88 bits per heavy atom. The van der Waals surface area contributed by atoms with Gasteiger partial charge in [0, 0.05) is 43.3 Å². The van der Waals surface area contributed by atoms with Gasteiger partial charge < -0.3 is 19.5 Å². The van der Waals surface area contributed by atoms with Gasteiger partial charge in [0.25, 0.3) is 5.91 Å². The molecular formula is C20H20FN3O2. The van der Waals surface area contributed by atoms with E-state index in [1.807, 2.05) is 29.2 Å². The maximum absolute atomic E-state index is 13.3. The number of anilines is 1. The molecule has 4 rings (SSSR count). The molecule has 0 spiro atoms. The number of nitrogens with zero attached hydrogens (tertiary/aromatic N) is 2. The number of benzene rings is 2. The fourth-order valence-electron chi connectivity index (χ4n) is 3.49. The summed E-state index contributed by atoms with van der Waals surface area (Å²) in [5, 5.41) is 0.753. The smallest absolute Gasteiger partial charge is 0.256 e. The zero-order chi connectivity index (χ0) is 18.1. The van der Waals surface area contributed by atoms with E-state index in [0.717, 1.165) is 29.9 Å². The number of piperazine rings is 1. The Labute approximate surface area is 151 Å². The highest BCUT2D eigenvalue weighted by Crippen LogP contribution is 2.29. The van der Waals surface area contributed by atoms with Gasteiger partial charge in [-0.15, -0.1) is 0 Å². The average Bonchev–Trinajstić information content (AvgIpc) is 3.10. The van der Waals surface area contributed by atoms with Crippen LogP contribution in [-0.2, 0) is 0 Å². The van der Waals surface area contributed by atoms with Gasteiger partial charge in [-0.3, -0.25) is 4.79 Å². The third-order valence-electron chi connectivity index (χ3n) is 4.87. The third kappa shape index (κ3) is 2.87. The Hall–Kier alpha value is -3.02. The van der Waals surface area contributed by atoms with Crippen molar-refractivity contribution < 1.29 is 13.9 Å². The molecule has 1 aliphatic rings. The topological polar surface area (TPSA) is 48.6 Å². The lowest BCUT2D eigenvalue weighted by molar-refractivity contribution is 0.0748. The monoisotopic (exact) mass is 353 g/mol. The van der Waals surface area contributed by atoms with E-state index in [4.69, 9.17) is 4.74 Å². The van der Waals surface area contributed by atoms with Crippen LogP contribution in [0.5, 0.6) is 5.75 Å². The number of carbonyl (C=O) groups is 1. The molecule has 26 heavy (non-hydrogen) atoms. The van der Waals surface area contributed by atoms with Gasteiger partial charge in [0.2, 0.25) is 0 Å². The van der Waals surface area contributed by atoms with Crippen LogP contribution in [0.2, 0.25) is 0 Å². The van der Waals surface area contributed by atoms with Crippen LogP contribution in [-0.4, -0.2) is 49.1 Å². The number of para-hydroxylation sites is 2. The summed E-state index contributed by atoms with van der Waals surface area (Å²) in [5.74, 6) is 0.497. The van der Waals surface area contributed by atoms with Crippen LogP contribution in [0.15, 0.2) is 48.7 Å². The highest BCUT2D eigenvalue weighted by molar-refractivity contribution is 6.06. The van der Waals surface area contributed by atoms with Gasteiger partial charge in [-0.1, -0.05) is 12.1 Å². The van der Waals surface area contributed by atoms with Crippen molar-refractivity contribution in [1.29, 1.82) is 0 Å². The number of nitrogens with one attached hydrogen (secondary N) is 1. The van der Waals surface area contributed by atoms with Crippen LogP contribution < -0.4 is 9.64 Å². The summed E-state index contributed by atoms with van der Waals surface area (Å²) in [6, 6.07) is 12.3. The average molecular weight is 353 g/mol. The molecule has 1 amide bonds. The van der Waals surface area contributed by atoms with Crippen molar-refractivity contribution in [2.75, 3.05) is 38.2 Å². The van der Waals surface area contributed by atoms with Crippen molar-refractivity contribution in [3.63, 3.8) is 0 Å². The summed E-state index contributed by atoms with van der Waals surface area (Å²) in [4.78, 5) is 20.0. The van der Waals surface area contributed by atoms with Crippen molar-refractivity contribution in [3.8, 4) is 5.75 Å². The minimum atomic E-state index is -0.316. The molecule has 134 valence electrons. The molecule has 5 nitrogen and oxygen atoms in total. The van der Waals surface area contributed by atoms with E-state index in [9.17, 15) is 9.18 Å². The summed E-state index contributed by atoms with van der Waals surface area (Å²) in [5.41, 5.74) is 2.27. The summed E-state index contributed by atoms with van der Waals surface area (Å²) in [7, 11) is 1.67. The first-order valence-electron chi connectivity index (χ1n) is 8.61. The number of aromatic nitrogens is 1. The quantitative estimate of drug-likeness (QED) is 0.786. The molecule has 0 radical (unpaired) electrons. The van der Waals surface area contributed by atoms with Crippen molar-refractivity contribution in [1.82, 2.24) is 9.88 Å². The molecule has 0 aliphatic carbocycles. The SMILES string of the molecule is COc1ccccc1N1CCN(C(=O)c2c[nH]c3cc(F)ccc23)CC1. The number of hydrogen-bond acceptors (Lipinski definition) is 3. The molecule has 1 N–H and O–H groups in total. The number of methoxy groups -OCH3 is 1. The van der Waals surface area contributed by atoms with E-state index in [1.54, 1.807) is 19.4 Å². The predicted octanol–water partition coefficient (Wildman–Crippen LogP) is 3.28. The lowest BCUT2D eigenvalue weighted by atomic mass is 10.1. The molecule has 2 aromatic carbocycles. The van der Waals surface area contributed by atoms with Crippen LogP contribution in [0.25, 0.3) is 10.9 Å². The zero-order valence-corrected chi connectivity index (χ0v) is 14.5. The first-order valence-corrected chi connectivity index (χ1v) is 8.61. The Morgan fingerprint density at radius 3 is 2.65 bits per heavy atom. The minimum absolute atomic E-state index is 0.0254. The highest BCUT2D eigenvalue weighted by Gasteiger charge is 2.25. The summed E-state index contributed by atoms with van der Waals surface area (Å²) >= 11 is 0. The summed E-state index contributed by atoms with van der Waals surface area (Å²) < 4.78 is 18.8. The lowest BCUT2D eigenvalue weighted by Crippen LogP contribution is -2.48. The molecular weight excluding hydrogens is 333 g/mol. The molecule has 1 saturated heterocycles. The van der Waals surface area contributed by atoms with Crippen LogP contribution in [0.3, 0.4) is 0 Å². The number of halogens is 1. The Balaban J connectivity index is 1.50. The zero-order valence-electron chi connectivity index (χ0n) is 14.5. The number of H-pyrrole nitrogens is 1. The maximum atomic E-state index is 13.3. The van der Waals surface area contributed by atoms with Gasteiger partial charge in [-0.2, -0.15) is 0 Å². The molecule has 6 heteroatoms. The van der Waals surface area contributed by atoms with Crippen molar-refractivity contribution in [2.24, 2.45) is 0 Å². The molecule has 1 fully saturated rings. The number of rotatable bonds is 3. The Morgan fingerprint density at radius 1 is 1.12 bits per heavy atom. The minimum Gasteiger partial charge on any atom is -0.495 e. The van der Waals surface area contributed by atoms with Gasteiger partial charge in [0.15, 0.2) is 0 Å². The second-order valence-electron chi connectivity index (χ2n) is 6.34. The molecule has 0 unspecified atom stereocenters. The fraction of sp³-hybridized carbons (Fsp3) is 0.250. The van der Waals surface area contributed by atoms with E-state index in [0.29, 0.717) is 24.2 Å². The first-order chi connectivity index (χ1) is 12.7. The van der Waals surface area contributed by atoms with E-state index in [1.165, 1.54) is 12.1 Å². The Kier molecular flexibility index (Phi) is 4.24. The van der Waals surface area contributed by atoms with Gasteiger partial charge in [0.05, 0.1) is 18.4 Å². The number of hydrogen-bond donors (Lipinski definition) is 1. The molecule has 0 saturated carbocycles. The standard InChI is InChI=1S/C20H20FN3O2/c1-26-19-5-3-2-4-18(19)23-8-10-24(11-9-23)20(25)16-13-22-17-12-14(21)6-7-15(16)17/h2-7,12-13,22H,8-11H2,1H3. The number of aromatic amines is 1. The number of carbonyl (C=O) groups excluding carboxylic acids is 1. The van der Waals surface area contributed by atoms with Gasteiger partial charge in [-0.25, -0.2) is 4.39 Å². The van der Waals surface area contributed by atoms with Crippen LogP contribution in [0.4, 0.5) is 10.1 Å². The van der Waals surface area contributed by atoms with E-state index in [-0.39, 0.29) is 11.7 Å². The molecule has 0 bridgehead atoms. The van der Waals surface area contributed by atoms with Crippen molar-refractivity contribution in [3.05, 3.63) is 60.0 Å². The maximum Gasteiger partial charge on any atom is 0.256 e. The number of fused-ring (bicyclic) bond motifs is 1. The van der Waals surface area contributed by atoms with Crippen molar-refractivity contribution in [2.45, 2.75) is 0 Å². The van der Waals surface area contributed by atoms with E-state index >= 15 is 0 Å². The van der Waals surface area contributed by atoms with Crippen LogP contribution >= 0.6 is 0 Å². The first kappa shape index (κ1) is 16.4. The molecule has 2 heterocycles. The number of ether oxygens (including phenoxy) is 1. The highest BCUT2D eigenvalue weighted by atomic mass is 19.1. The number of amides is 1. The molecule has 1 aliphatic heterocycles. The second kappa shape index (κ2) is 6.71. The lowest BCUT2D eigenvalue weighted by Gasteiger charge is -2.36. The normalized spacial score (nSPS) is 14.7. The molecule has 3 aromatic rings. The molecule has 1 aromatic heterocycles. The predicted molar refractivity (Wildman–Crippen MR) is 99.4 cm³/mol. The van der Waals surface area contributed by atoms with Crippen molar-refractivity contribution >= 4 is 22.5 Å². The molecule has 0 atom stereocenters. The summed E-state index contributed by atoms with van der Waals surface area (Å²) in [6.07, 6.45) is 1.67. The largest absolute Gasteiger partial charge is 0.495 e.